The second-order valence-corrected chi connectivity index (χ2v) is 6.62. The number of para-hydroxylation sites is 1. The van der Waals surface area contributed by atoms with Gasteiger partial charge in [0.1, 0.15) is 25.0 Å². The summed E-state index contributed by atoms with van der Waals surface area (Å²) in [7, 11) is 4.04. The van der Waals surface area contributed by atoms with E-state index in [1.54, 1.807) is 11.0 Å². The molecule has 0 bridgehead atoms. The summed E-state index contributed by atoms with van der Waals surface area (Å²) in [6, 6.07) is 8.00. The van der Waals surface area contributed by atoms with E-state index in [0.717, 1.165) is 24.3 Å². The maximum Gasteiger partial charge on any atom is 0.223 e. The Morgan fingerprint density at radius 2 is 2.20 bits per heavy atom. The van der Waals surface area contributed by atoms with E-state index in [4.69, 9.17) is 4.74 Å². The molecule has 2 aromatic rings. The van der Waals surface area contributed by atoms with E-state index < -0.39 is 0 Å². The molecule has 7 nitrogen and oxygen atoms in total. The predicted molar refractivity (Wildman–Crippen MR) is 94.1 cm³/mol. The first-order valence-corrected chi connectivity index (χ1v) is 8.61. The highest BCUT2D eigenvalue weighted by atomic mass is 16.5. The van der Waals surface area contributed by atoms with Crippen LogP contribution in [0.3, 0.4) is 0 Å². The van der Waals surface area contributed by atoms with Gasteiger partial charge in [-0.3, -0.25) is 9.48 Å². The highest BCUT2D eigenvalue weighted by Gasteiger charge is 2.28. The van der Waals surface area contributed by atoms with Gasteiger partial charge in [-0.25, -0.2) is 4.98 Å². The Hall–Kier alpha value is -2.41. The summed E-state index contributed by atoms with van der Waals surface area (Å²) in [5.74, 6) is 1.04. The number of rotatable bonds is 6. The molecule has 1 aliphatic rings. The molecule has 1 aromatic carbocycles. The second-order valence-electron chi connectivity index (χ2n) is 6.62. The number of carbonyl (C=O) groups is 1. The molecule has 25 heavy (non-hydrogen) atoms. The molecule has 0 radical (unpaired) electrons. The quantitative estimate of drug-likeness (QED) is 0.793. The van der Waals surface area contributed by atoms with Crippen LogP contribution >= 0.6 is 0 Å². The van der Waals surface area contributed by atoms with Crippen LogP contribution in [0.4, 0.5) is 0 Å². The molecule has 1 atom stereocenters. The van der Waals surface area contributed by atoms with Crippen LogP contribution in [-0.4, -0.2) is 63.8 Å². The minimum Gasteiger partial charge on any atom is -0.491 e. The number of hydrogen-bond donors (Lipinski definition) is 0. The van der Waals surface area contributed by atoms with Crippen molar-refractivity contribution in [2.24, 2.45) is 0 Å². The molecular weight excluding hydrogens is 318 g/mol. The lowest BCUT2D eigenvalue weighted by atomic mass is 10.1. The van der Waals surface area contributed by atoms with Crippen LogP contribution in [0.25, 0.3) is 0 Å². The van der Waals surface area contributed by atoms with Crippen LogP contribution in [0.15, 0.2) is 36.9 Å². The van der Waals surface area contributed by atoms with E-state index in [2.05, 4.69) is 15.0 Å². The molecule has 3 rings (SSSR count). The Balaban J connectivity index is 1.68. The normalized spacial score (nSPS) is 17.1. The van der Waals surface area contributed by atoms with Crippen LogP contribution < -0.4 is 4.74 Å². The van der Waals surface area contributed by atoms with Gasteiger partial charge >= 0.3 is 0 Å². The van der Waals surface area contributed by atoms with Gasteiger partial charge in [0.25, 0.3) is 0 Å². The SMILES string of the molecule is CN(C)C[C@@H]1COc2ccccc2CN1C(=O)CCCn1cncn1. The Morgan fingerprint density at radius 3 is 2.96 bits per heavy atom. The van der Waals surface area contributed by atoms with Crippen molar-refractivity contribution in [2.75, 3.05) is 27.2 Å². The average molecular weight is 343 g/mol. The molecule has 0 saturated carbocycles. The molecule has 0 saturated heterocycles. The van der Waals surface area contributed by atoms with Crippen molar-refractivity contribution in [2.45, 2.75) is 32.0 Å². The summed E-state index contributed by atoms with van der Waals surface area (Å²) in [5, 5.41) is 4.08. The molecule has 0 spiro atoms. The summed E-state index contributed by atoms with van der Waals surface area (Å²) < 4.78 is 7.72. The van der Waals surface area contributed by atoms with E-state index in [-0.39, 0.29) is 11.9 Å². The number of fused-ring (bicyclic) bond motifs is 1. The van der Waals surface area contributed by atoms with Crippen molar-refractivity contribution < 1.29 is 9.53 Å². The van der Waals surface area contributed by atoms with Gasteiger partial charge in [-0.15, -0.1) is 0 Å². The molecule has 7 heteroatoms. The largest absolute Gasteiger partial charge is 0.491 e. The third kappa shape index (κ3) is 4.57. The Bertz CT molecular complexity index is 687. The zero-order valence-corrected chi connectivity index (χ0v) is 14.8. The van der Waals surface area contributed by atoms with E-state index in [1.165, 1.54) is 6.33 Å². The molecule has 134 valence electrons. The topological polar surface area (TPSA) is 63.5 Å². The van der Waals surface area contributed by atoms with Crippen LogP contribution in [0, 0.1) is 0 Å². The molecular formula is C18H25N5O2. The lowest BCUT2D eigenvalue weighted by Gasteiger charge is -2.31. The number of aromatic nitrogens is 3. The number of ether oxygens (including phenoxy) is 1. The van der Waals surface area contributed by atoms with Crippen molar-refractivity contribution in [3.8, 4) is 5.75 Å². The minimum absolute atomic E-state index is 0.0428. The molecule has 0 unspecified atom stereocenters. The van der Waals surface area contributed by atoms with Crippen LogP contribution in [0.2, 0.25) is 0 Å². The fourth-order valence-electron chi connectivity index (χ4n) is 3.11. The summed E-state index contributed by atoms with van der Waals surface area (Å²) in [4.78, 5) is 20.9. The third-order valence-corrected chi connectivity index (χ3v) is 4.33. The minimum atomic E-state index is 0.0428. The summed E-state index contributed by atoms with van der Waals surface area (Å²) in [6.45, 7) is 2.59. The fourth-order valence-corrected chi connectivity index (χ4v) is 3.11. The molecule has 1 aliphatic heterocycles. The van der Waals surface area contributed by atoms with Crippen LogP contribution in [-0.2, 0) is 17.9 Å². The van der Waals surface area contributed by atoms with Crippen LogP contribution in [0.1, 0.15) is 18.4 Å². The number of likely N-dealkylation sites (N-methyl/N-ethyl adjacent to an activating group) is 1. The van der Waals surface area contributed by atoms with E-state index in [0.29, 0.717) is 26.1 Å². The average Bonchev–Trinajstić information content (AvgIpc) is 3.03. The van der Waals surface area contributed by atoms with Crippen molar-refractivity contribution in [3.63, 3.8) is 0 Å². The van der Waals surface area contributed by atoms with Gasteiger partial charge < -0.3 is 14.5 Å². The molecule has 0 N–H and O–H groups in total. The standard InChI is InChI=1S/C18H25N5O2/c1-21(2)11-16-12-25-17-7-4-3-6-15(17)10-23(16)18(24)8-5-9-22-14-19-13-20-22/h3-4,6-7,13-14,16H,5,8-12H2,1-2H3/t16-/m1/s1. The van der Waals surface area contributed by atoms with E-state index >= 15 is 0 Å². The number of benzene rings is 1. The second kappa shape index (κ2) is 8.11. The van der Waals surface area contributed by atoms with Gasteiger partial charge in [0.2, 0.25) is 5.91 Å². The number of aryl methyl sites for hydroxylation is 1. The molecule has 1 aromatic heterocycles. The highest BCUT2D eigenvalue weighted by Crippen LogP contribution is 2.25. The Labute approximate surface area is 148 Å². The zero-order valence-electron chi connectivity index (χ0n) is 14.8. The first-order valence-electron chi connectivity index (χ1n) is 8.61. The smallest absolute Gasteiger partial charge is 0.223 e. The van der Waals surface area contributed by atoms with E-state index in [9.17, 15) is 4.79 Å². The number of nitrogens with zero attached hydrogens (tertiary/aromatic N) is 5. The Morgan fingerprint density at radius 1 is 1.36 bits per heavy atom. The summed E-state index contributed by atoms with van der Waals surface area (Å²) in [6.07, 6.45) is 4.43. The van der Waals surface area contributed by atoms with Gasteiger partial charge in [-0.2, -0.15) is 5.10 Å². The van der Waals surface area contributed by atoms with Gasteiger partial charge in [-0.1, -0.05) is 18.2 Å². The monoisotopic (exact) mass is 343 g/mol. The number of amides is 1. The number of hydrogen-bond acceptors (Lipinski definition) is 5. The van der Waals surface area contributed by atoms with Crippen molar-refractivity contribution >= 4 is 5.91 Å². The maximum atomic E-state index is 12.9. The van der Waals surface area contributed by atoms with Gasteiger partial charge in [-0.05, 0) is 26.6 Å². The molecule has 0 fully saturated rings. The Kier molecular flexibility index (Phi) is 5.65. The molecule has 0 aliphatic carbocycles. The third-order valence-electron chi connectivity index (χ3n) is 4.33. The fraction of sp³-hybridized carbons (Fsp3) is 0.500. The number of carbonyl (C=O) groups excluding carboxylic acids is 1. The van der Waals surface area contributed by atoms with Gasteiger partial charge in [0.15, 0.2) is 0 Å². The zero-order chi connectivity index (χ0) is 17.6. The first kappa shape index (κ1) is 17.4. The predicted octanol–water partition coefficient (Wildman–Crippen LogP) is 1.41. The van der Waals surface area contributed by atoms with Crippen LogP contribution in [0.5, 0.6) is 5.75 Å². The van der Waals surface area contributed by atoms with Gasteiger partial charge in [0, 0.05) is 31.6 Å². The van der Waals surface area contributed by atoms with Crippen molar-refractivity contribution in [3.05, 3.63) is 42.5 Å². The molecule has 1 amide bonds. The summed E-state index contributed by atoms with van der Waals surface area (Å²) in [5.41, 5.74) is 1.06. The van der Waals surface area contributed by atoms with E-state index in [1.807, 2.05) is 43.3 Å². The molecule has 2 heterocycles. The van der Waals surface area contributed by atoms with Gasteiger partial charge in [0.05, 0.1) is 6.04 Å². The lowest BCUT2D eigenvalue weighted by molar-refractivity contribution is -0.135. The van der Waals surface area contributed by atoms with Crippen molar-refractivity contribution in [1.82, 2.24) is 24.6 Å². The highest BCUT2D eigenvalue weighted by molar-refractivity contribution is 5.76. The lowest BCUT2D eigenvalue weighted by Crippen LogP contribution is -2.47. The van der Waals surface area contributed by atoms with Crippen molar-refractivity contribution in [1.29, 1.82) is 0 Å². The summed E-state index contributed by atoms with van der Waals surface area (Å²) >= 11 is 0. The first-order chi connectivity index (χ1) is 12.1. The maximum absolute atomic E-state index is 12.9.